The van der Waals surface area contributed by atoms with Crippen LogP contribution >= 0.6 is 11.6 Å². The number of carbonyl (C=O) groups is 1. The van der Waals surface area contributed by atoms with E-state index in [1.807, 2.05) is 0 Å². The number of benzene rings is 1. The largest absolute Gasteiger partial charge is 0.506 e. The van der Waals surface area contributed by atoms with Crippen LogP contribution < -0.4 is 5.73 Å². The van der Waals surface area contributed by atoms with Crippen LogP contribution in [0.25, 0.3) is 0 Å². The van der Waals surface area contributed by atoms with Gasteiger partial charge >= 0.3 is 5.97 Å². The molecule has 1 atom stereocenters. The van der Waals surface area contributed by atoms with Gasteiger partial charge in [-0.2, -0.15) is 0 Å². The monoisotopic (exact) mass is 257 g/mol. The standard InChI is InChI=1S/C12H16ClNO3/c1-12(2,11(16)17-3)10(14)7-4-5-9(15)8(13)6-7/h4-6,10,15H,14H2,1-3H3/t10-/m1/s1. The van der Waals surface area contributed by atoms with E-state index in [0.717, 1.165) is 0 Å². The Hall–Kier alpha value is -1.26. The second kappa shape index (κ2) is 4.94. The zero-order chi connectivity index (χ0) is 13.2. The molecule has 4 nitrogen and oxygen atoms in total. The van der Waals surface area contributed by atoms with Gasteiger partial charge in [0.05, 0.1) is 17.5 Å². The Balaban J connectivity index is 3.07. The molecule has 1 aromatic rings. The van der Waals surface area contributed by atoms with Crippen molar-refractivity contribution in [1.82, 2.24) is 0 Å². The summed E-state index contributed by atoms with van der Waals surface area (Å²) in [7, 11) is 1.32. The number of methoxy groups -OCH3 is 1. The maximum absolute atomic E-state index is 11.6. The Kier molecular flexibility index (Phi) is 4.01. The van der Waals surface area contributed by atoms with Crippen LogP contribution in [0.2, 0.25) is 5.02 Å². The molecular formula is C12H16ClNO3. The second-order valence-corrected chi connectivity index (χ2v) is 4.81. The number of nitrogens with two attached hydrogens (primary N) is 1. The Morgan fingerprint density at radius 2 is 2.12 bits per heavy atom. The maximum Gasteiger partial charge on any atom is 0.313 e. The molecule has 1 rings (SSSR count). The van der Waals surface area contributed by atoms with Crippen LogP contribution in [0.3, 0.4) is 0 Å². The molecule has 0 saturated heterocycles. The molecule has 94 valence electrons. The first-order valence-electron chi connectivity index (χ1n) is 5.13. The fourth-order valence-electron chi connectivity index (χ4n) is 1.52. The highest BCUT2D eigenvalue weighted by molar-refractivity contribution is 6.32. The van der Waals surface area contributed by atoms with Crippen molar-refractivity contribution in [3.05, 3.63) is 28.8 Å². The Morgan fingerprint density at radius 3 is 2.59 bits per heavy atom. The SMILES string of the molecule is COC(=O)C(C)(C)[C@H](N)c1ccc(O)c(Cl)c1. The average molecular weight is 258 g/mol. The quantitative estimate of drug-likeness (QED) is 0.815. The zero-order valence-corrected chi connectivity index (χ0v) is 10.8. The number of hydrogen-bond donors (Lipinski definition) is 2. The van der Waals surface area contributed by atoms with Gasteiger partial charge in [-0.05, 0) is 31.5 Å². The van der Waals surface area contributed by atoms with E-state index in [-0.39, 0.29) is 10.8 Å². The van der Waals surface area contributed by atoms with E-state index in [1.54, 1.807) is 26.0 Å². The smallest absolute Gasteiger partial charge is 0.313 e. The lowest BCUT2D eigenvalue weighted by molar-refractivity contribution is -0.152. The molecule has 0 unspecified atom stereocenters. The average Bonchev–Trinajstić information content (AvgIpc) is 2.30. The molecule has 0 aliphatic heterocycles. The van der Waals surface area contributed by atoms with Crippen LogP contribution in [-0.4, -0.2) is 18.2 Å². The van der Waals surface area contributed by atoms with Crippen molar-refractivity contribution in [3.63, 3.8) is 0 Å². The summed E-state index contributed by atoms with van der Waals surface area (Å²) in [6.45, 7) is 3.40. The lowest BCUT2D eigenvalue weighted by Gasteiger charge is -2.29. The summed E-state index contributed by atoms with van der Waals surface area (Å²) in [6, 6.07) is 4.07. The van der Waals surface area contributed by atoms with Gasteiger partial charge in [-0.1, -0.05) is 17.7 Å². The summed E-state index contributed by atoms with van der Waals surface area (Å²) in [6.07, 6.45) is 0. The van der Waals surface area contributed by atoms with Crippen LogP contribution in [0, 0.1) is 5.41 Å². The van der Waals surface area contributed by atoms with Gasteiger partial charge < -0.3 is 15.6 Å². The van der Waals surface area contributed by atoms with Crippen molar-refractivity contribution < 1.29 is 14.6 Å². The molecule has 0 bridgehead atoms. The van der Waals surface area contributed by atoms with Crippen LogP contribution in [-0.2, 0) is 9.53 Å². The van der Waals surface area contributed by atoms with Gasteiger partial charge in [0.1, 0.15) is 5.75 Å². The Labute approximate surface area is 105 Å². The molecule has 0 amide bonds. The molecule has 3 N–H and O–H groups in total. The molecular weight excluding hydrogens is 242 g/mol. The van der Waals surface area contributed by atoms with Gasteiger partial charge in [-0.25, -0.2) is 0 Å². The van der Waals surface area contributed by atoms with Crippen LogP contribution in [0.4, 0.5) is 0 Å². The molecule has 0 saturated carbocycles. The van der Waals surface area contributed by atoms with Crippen molar-refractivity contribution >= 4 is 17.6 Å². The van der Waals surface area contributed by atoms with Gasteiger partial charge in [0.25, 0.3) is 0 Å². The number of hydrogen-bond acceptors (Lipinski definition) is 4. The minimum absolute atomic E-state index is 0.0153. The molecule has 5 heteroatoms. The molecule has 0 aliphatic rings. The number of ether oxygens (including phenoxy) is 1. The molecule has 0 heterocycles. The lowest BCUT2D eigenvalue weighted by Crippen LogP contribution is -2.37. The van der Waals surface area contributed by atoms with Gasteiger partial charge in [-0.3, -0.25) is 4.79 Å². The third-order valence-electron chi connectivity index (χ3n) is 2.82. The highest BCUT2D eigenvalue weighted by Crippen LogP contribution is 2.35. The topological polar surface area (TPSA) is 72.5 Å². The third kappa shape index (κ3) is 2.70. The summed E-state index contributed by atoms with van der Waals surface area (Å²) < 4.78 is 4.71. The van der Waals surface area contributed by atoms with Gasteiger partial charge in [-0.15, -0.1) is 0 Å². The van der Waals surface area contributed by atoms with Crippen molar-refractivity contribution in [3.8, 4) is 5.75 Å². The molecule has 17 heavy (non-hydrogen) atoms. The summed E-state index contributed by atoms with van der Waals surface area (Å²) in [5.41, 5.74) is 5.83. The minimum atomic E-state index is -0.866. The van der Waals surface area contributed by atoms with Crippen molar-refractivity contribution in [2.75, 3.05) is 7.11 Å². The zero-order valence-electron chi connectivity index (χ0n) is 10.0. The molecule has 0 fully saturated rings. The number of rotatable bonds is 3. The summed E-state index contributed by atoms with van der Waals surface area (Å²) in [4.78, 5) is 11.6. The first-order chi connectivity index (χ1) is 7.80. The Morgan fingerprint density at radius 1 is 1.53 bits per heavy atom. The van der Waals surface area contributed by atoms with E-state index < -0.39 is 17.4 Å². The van der Waals surface area contributed by atoms with Crippen LogP contribution in [0.1, 0.15) is 25.5 Å². The van der Waals surface area contributed by atoms with Gasteiger partial charge in [0.2, 0.25) is 0 Å². The predicted molar refractivity (Wildman–Crippen MR) is 65.8 cm³/mol. The highest BCUT2D eigenvalue weighted by Gasteiger charge is 2.36. The Bertz CT molecular complexity index is 432. The number of phenols is 1. The molecule has 1 aromatic carbocycles. The number of carbonyl (C=O) groups excluding carboxylic acids is 1. The van der Waals surface area contributed by atoms with E-state index in [9.17, 15) is 9.90 Å². The summed E-state index contributed by atoms with van der Waals surface area (Å²) in [5.74, 6) is -0.410. The minimum Gasteiger partial charge on any atom is -0.506 e. The van der Waals surface area contributed by atoms with E-state index in [0.29, 0.717) is 5.56 Å². The second-order valence-electron chi connectivity index (χ2n) is 4.40. The van der Waals surface area contributed by atoms with Crippen molar-refractivity contribution in [1.29, 1.82) is 0 Å². The first kappa shape index (κ1) is 13.8. The van der Waals surface area contributed by atoms with E-state index in [1.165, 1.54) is 13.2 Å². The fraction of sp³-hybridized carbons (Fsp3) is 0.417. The van der Waals surface area contributed by atoms with Crippen molar-refractivity contribution in [2.45, 2.75) is 19.9 Å². The molecule has 0 spiro atoms. The van der Waals surface area contributed by atoms with E-state index in [4.69, 9.17) is 22.1 Å². The lowest BCUT2D eigenvalue weighted by atomic mass is 9.81. The number of esters is 1. The number of halogens is 1. The molecule has 0 radical (unpaired) electrons. The summed E-state index contributed by atoms with van der Waals surface area (Å²) >= 11 is 5.80. The fourth-order valence-corrected chi connectivity index (χ4v) is 1.71. The van der Waals surface area contributed by atoms with Crippen LogP contribution in [0.15, 0.2) is 18.2 Å². The predicted octanol–water partition coefficient (Wildman–Crippen LogP) is 2.24. The van der Waals surface area contributed by atoms with E-state index in [2.05, 4.69) is 0 Å². The van der Waals surface area contributed by atoms with Crippen molar-refractivity contribution in [2.24, 2.45) is 11.1 Å². The number of aromatic hydroxyl groups is 1. The third-order valence-corrected chi connectivity index (χ3v) is 3.12. The van der Waals surface area contributed by atoms with Gasteiger partial charge in [0.15, 0.2) is 0 Å². The molecule has 0 aliphatic carbocycles. The number of phenolic OH excluding ortho intramolecular Hbond substituents is 1. The highest BCUT2D eigenvalue weighted by atomic mass is 35.5. The summed E-state index contributed by atoms with van der Waals surface area (Å²) in [5, 5.41) is 9.53. The van der Waals surface area contributed by atoms with Gasteiger partial charge in [0, 0.05) is 6.04 Å². The maximum atomic E-state index is 11.6. The van der Waals surface area contributed by atoms with E-state index >= 15 is 0 Å². The normalized spacial score (nSPS) is 13.2. The first-order valence-corrected chi connectivity index (χ1v) is 5.51. The van der Waals surface area contributed by atoms with Crippen LogP contribution in [0.5, 0.6) is 5.75 Å². The molecule has 0 aromatic heterocycles.